The fraction of sp³-hybridized carbons (Fsp3) is 0.394. The molecule has 12 heteroatoms. The minimum absolute atomic E-state index is 0.0351. The van der Waals surface area contributed by atoms with Crippen LogP contribution in [0.2, 0.25) is 0 Å². The van der Waals surface area contributed by atoms with Gasteiger partial charge in [0.25, 0.3) is 0 Å². The van der Waals surface area contributed by atoms with Gasteiger partial charge >= 0.3 is 6.01 Å². The Bertz CT molecular complexity index is 1840. The van der Waals surface area contributed by atoms with Crippen molar-refractivity contribution in [1.82, 2.24) is 24.8 Å². The third kappa shape index (κ3) is 5.04. The van der Waals surface area contributed by atoms with Crippen LogP contribution in [-0.4, -0.2) is 88.2 Å². The number of likely N-dealkylation sites (tertiary alicyclic amines) is 1. The van der Waals surface area contributed by atoms with Crippen molar-refractivity contribution in [3.05, 3.63) is 66.6 Å². The molecular formula is C33H32F4N6O2. The van der Waals surface area contributed by atoms with Crippen molar-refractivity contribution in [2.75, 3.05) is 44.7 Å². The summed E-state index contributed by atoms with van der Waals surface area (Å²) in [5.74, 6) is -2.21. The van der Waals surface area contributed by atoms with Gasteiger partial charge in [-0.25, -0.2) is 17.6 Å². The molecule has 45 heavy (non-hydrogen) atoms. The van der Waals surface area contributed by atoms with Gasteiger partial charge in [0.05, 0.1) is 10.9 Å². The molecule has 3 aliphatic heterocycles. The highest BCUT2D eigenvalue weighted by atomic mass is 19.1. The molecule has 0 spiro atoms. The number of aromatic nitrogens is 3. The van der Waals surface area contributed by atoms with E-state index in [-0.39, 0.29) is 52.1 Å². The zero-order chi connectivity index (χ0) is 31.5. The van der Waals surface area contributed by atoms with Gasteiger partial charge in [-0.3, -0.25) is 14.7 Å². The van der Waals surface area contributed by atoms with Gasteiger partial charge in [0.1, 0.15) is 41.4 Å². The first kappa shape index (κ1) is 29.4. The van der Waals surface area contributed by atoms with Crippen LogP contribution in [0.3, 0.4) is 0 Å². The highest BCUT2D eigenvalue weighted by Crippen LogP contribution is 2.41. The van der Waals surface area contributed by atoms with E-state index in [9.17, 15) is 13.6 Å². The lowest BCUT2D eigenvalue weighted by molar-refractivity contribution is -0.125. The Morgan fingerprint density at radius 3 is 2.87 bits per heavy atom. The molecule has 1 amide bonds. The molecule has 234 valence electrons. The Kier molecular flexibility index (Phi) is 7.34. The number of rotatable bonds is 7. The number of fused-ring (bicyclic) bond motifs is 3. The van der Waals surface area contributed by atoms with Crippen molar-refractivity contribution in [2.45, 2.75) is 43.4 Å². The van der Waals surface area contributed by atoms with Crippen molar-refractivity contribution < 1.29 is 27.1 Å². The van der Waals surface area contributed by atoms with Crippen molar-refractivity contribution in [2.24, 2.45) is 0 Å². The standard InChI is InChI=1S/C33H32F4N6O2/c1-3-26(44)42-11-8-22(17-42)41(2)31-24-15-38-29(23-7-4-6-19-12-20(34)13-25(36)27(19)23)28(37)30(24)39-32(40-31)45-18-33-9-5-10-43(33)16-21(35)14-33/h3-4,6-7,12-13,15,21-22H,1,5,8-11,14,16-18H2,2H3/t21-,22-,33+/m1/s1. The van der Waals surface area contributed by atoms with Crippen molar-refractivity contribution in [1.29, 1.82) is 0 Å². The van der Waals surface area contributed by atoms with E-state index in [0.717, 1.165) is 25.5 Å². The fourth-order valence-corrected chi connectivity index (χ4v) is 7.29. The molecule has 3 fully saturated rings. The zero-order valence-corrected chi connectivity index (χ0v) is 24.8. The normalized spacial score (nSPS) is 23.2. The molecule has 0 aliphatic carbocycles. The summed E-state index contributed by atoms with van der Waals surface area (Å²) in [5.41, 5.74) is -0.565. The molecule has 4 aromatic rings. The summed E-state index contributed by atoms with van der Waals surface area (Å²) in [6, 6.07) is 6.37. The maximum absolute atomic E-state index is 16.6. The number of hydrogen-bond donors (Lipinski definition) is 0. The van der Waals surface area contributed by atoms with Crippen LogP contribution in [-0.2, 0) is 4.79 Å². The number of amides is 1. The third-order valence-electron chi connectivity index (χ3n) is 9.55. The van der Waals surface area contributed by atoms with Gasteiger partial charge in [0.15, 0.2) is 5.82 Å². The molecule has 0 saturated carbocycles. The lowest BCUT2D eigenvalue weighted by Crippen LogP contribution is -2.43. The minimum atomic E-state index is -0.947. The predicted octanol–water partition coefficient (Wildman–Crippen LogP) is 5.44. The number of nitrogens with zero attached hydrogens (tertiary/aromatic N) is 6. The van der Waals surface area contributed by atoms with Gasteiger partial charge in [0.2, 0.25) is 5.91 Å². The number of halogens is 4. The Morgan fingerprint density at radius 1 is 1.20 bits per heavy atom. The number of pyridine rings is 1. The molecule has 0 radical (unpaired) electrons. The number of anilines is 1. The van der Waals surface area contributed by atoms with Gasteiger partial charge < -0.3 is 14.5 Å². The van der Waals surface area contributed by atoms with Gasteiger partial charge in [-0.15, -0.1) is 0 Å². The molecule has 0 N–H and O–H groups in total. The molecule has 3 saturated heterocycles. The van der Waals surface area contributed by atoms with Gasteiger partial charge in [-0.05, 0) is 43.3 Å². The molecule has 7 rings (SSSR count). The van der Waals surface area contributed by atoms with Crippen LogP contribution in [0, 0.1) is 17.5 Å². The summed E-state index contributed by atoms with van der Waals surface area (Å²) in [4.78, 5) is 31.5. The van der Waals surface area contributed by atoms with Crippen LogP contribution >= 0.6 is 0 Å². The van der Waals surface area contributed by atoms with Crippen LogP contribution in [0.4, 0.5) is 23.4 Å². The summed E-state index contributed by atoms with van der Waals surface area (Å²) in [6.07, 6.45) is 4.46. The number of ether oxygens (including phenoxy) is 1. The van der Waals surface area contributed by atoms with E-state index in [0.29, 0.717) is 43.7 Å². The highest BCUT2D eigenvalue weighted by Gasteiger charge is 2.49. The van der Waals surface area contributed by atoms with Gasteiger partial charge in [-0.2, -0.15) is 9.97 Å². The Balaban J connectivity index is 1.33. The Labute approximate surface area is 257 Å². The van der Waals surface area contributed by atoms with E-state index < -0.39 is 29.2 Å². The first-order valence-electron chi connectivity index (χ1n) is 15.1. The molecule has 3 atom stereocenters. The molecule has 8 nitrogen and oxygen atoms in total. The number of alkyl halides is 1. The van der Waals surface area contributed by atoms with E-state index in [2.05, 4.69) is 21.4 Å². The quantitative estimate of drug-likeness (QED) is 0.201. The Morgan fingerprint density at radius 2 is 2.04 bits per heavy atom. The molecule has 0 bridgehead atoms. The van der Waals surface area contributed by atoms with E-state index >= 15 is 8.78 Å². The largest absolute Gasteiger partial charge is 0.461 e. The van der Waals surface area contributed by atoms with Gasteiger partial charge in [-0.1, -0.05) is 24.8 Å². The fourth-order valence-electron chi connectivity index (χ4n) is 7.29. The summed E-state index contributed by atoms with van der Waals surface area (Å²) in [5, 5.41) is 0.603. The smallest absolute Gasteiger partial charge is 0.319 e. The molecule has 0 unspecified atom stereocenters. The lowest BCUT2D eigenvalue weighted by Gasteiger charge is -2.31. The summed E-state index contributed by atoms with van der Waals surface area (Å²) in [7, 11) is 1.81. The predicted molar refractivity (Wildman–Crippen MR) is 162 cm³/mol. The maximum atomic E-state index is 16.6. The van der Waals surface area contributed by atoms with Gasteiger partial charge in [0, 0.05) is 62.4 Å². The van der Waals surface area contributed by atoms with Crippen LogP contribution in [0.15, 0.2) is 49.2 Å². The third-order valence-corrected chi connectivity index (χ3v) is 9.55. The van der Waals surface area contributed by atoms with E-state index in [1.54, 1.807) is 24.1 Å². The van der Waals surface area contributed by atoms with Crippen LogP contribution < -0.4 is 9.64 Å². The molecule has 2 aromatic heterocycles. The van der Waals surface area contributed by atoms with Crippen LogP contribution in [0.5, 0.6) is 6.01 Å². The Hall–Kier alpha value is -4.32. The monoisotopic (exact) mass is 620 g/mol. The highest BCUT2D eigenvalue weighted by molar-refractivity contribution is 5.99. The SMILES string of the molecule is C=CC(=O)N1CC[C@@H](N(C)c2nc(OC[C@@]34CCCN3C[C@H](F)C4)nc3c(F)c(-c4cccc5cc(F)cc(F)c45)ncc23)C1. The number of benzene rings is 2. The zero-order valence-electron chi connectivity index (χ0n) is 24.8. The lowest BCUT2D eigenvalue weighted by atomic mass is 9.95. The summed E-state index contributed by atoms with van der Waals surface area (Å²) >= 11 is 0. The topological polar surface area (TPSA) is 74.7 Å². The van der Waals surface area contributed by atoms with Crippen molar-refractivity contribution >= 4 is 33.4 Å². The van der Waals surface area contributed by atoms with Crippen LogP contribution in [0.25, 0.3) is 32.9 Å². The number of hydrogen-bond acceptors (Lipinski definition) is 7. The van der Waals surface area contributed by atoms with Crippen molar-refractivity contribution in [3.63, 3.8) is 0 Å². The summed E-state index contributed by atoms with van der Waals surface area (Å²) < 4.78 is 66.2. The summed E-state index contributed by atoms with van der Waals surface area (Å²) in [6.45, 7) is 5.80. The number of carbonyl (C=O) groups is 1. The molecule has 3 aliphatic rings. The van der Waals surface area contributed by atoms with E-state index in [4.69, 9.17) is 9.72 Å². The number of likely N-dealkylation sites (N-methyl/N-ethyl adjacent to an activating group) is 1. The molecular weight excluding hydrogens is 588 g/mol. The average Bonchev–Trinajstić information content (AvgIpc) is 3.74. The molecule has 2 aromatic carbocycles. The van der Waals surface area contributed by atoms with E-state index in [1.807, 2.05) is 4.90 Å². The average molecular weight is 621 g/mol. The first-order valence-corrected chi connectivity index (χ1v) is 15.1. The number of carbonyl (C=O) groups excluding carboxylic acids is 1. The first-order chi connectivity index (χ1) is 21.7. The van der Waals surface area contributed by atoms with E-state index in [1.165, 1.54) is 24.4 Å². The van der Waals surface area contributed by atoms with Crippen molar-refractivity contribution in [3.8, 4) is 17.3 Å². The maximum Gasteiger partial charge on any atom is 0.319 e. The second-order valence-electron chi connectivity index (χ2n) is 12.2. The second-order valence-corrected chi connectivity index (χ2v) is 12.2. The minimum Gasteiger partial charge on any atom is -0.461 e. The van der Waals surface area contributed by atoms with Crippen LogP contribution in [0.1, 0.15) is 25.7 Å². The second kappa shape index (κ2) is 11.2. The molecule has 5 heterocycles.